The van der Waals surface area contributed by atoms with Crippen LogP contribution < -0.4 is 0 Å². The maximum Gasteiger partial charge on any atom is 0.335 e. The molecule has 3 rings (SSSR count). The van der Waals surface area contributed by atoms with E-state index in [1.54, 1.807) is 11.9 Å². The van der Waals surface area contributed by atoms with Crippen LogP contribution in [-0.2, 0) is 19.6 Å². The molecule has 2 fully saturated rings. The Morgan fingerprint density at radius 1 is 1.07 bits per heavy atom. The summed E-state index contributed by atoms with van der Waals surface area (Å²) in [6, 6.07) is 5.05. The van der Waals surface area contributed by atoms with Crippen molar-refractivity contribution in [1.82, 2.24) is 14.1 Å². The van der Waals surface area contributed by atoms with Crippen LogP contribution in [0, 0.1) is 5.92 Å². The lowest BCUT2D eigenvalue weighted by Crippen LogP contribution is -2.52. The second kappa shape index (κ2) is 7.28. The Morgan fingerprint density at radius 3 is 2.15 bits per heavy atom. The quantitative estimate of drug-likeness (QED) is 0.748. The highest BCUT2D eigenvalue weighted by Gasteiger charge is 2.37. The molecule has 0 radical (unpaired) electrons. The molecule has 2 aliphatic heterocycles. The summed E-state index contributed by atoms with van der Waals surface area (Å²) >= 11 is 0. The Morgan fingerprint density at radius 2 is 1.67 bits per heavy atom. The van der Waals surface area contributed by atoms with Crippen LogP contribution in [0.15, 0.2) is 29.2 Å². The number of amides is 2. The molecule has 2 heterocycles. The highest BCUT2D eigenvalue weighted by molar-refractivity contribution is 7.89. The zero-order valence-electron chi connectivity index (χ0n) is 14.9. The van der Waals surface area contributed by atoms with Gasteiger partial charge in [0.1, 0.15) is 0 Å². The first-order valence-corrected chi connectivity index (χ1v) is 10.0. The minimum Gasteiger partial charge on any atom is -0.478 e. The number of piperazine rings is 1. The molecule has 0 aliphatic carbocycles. The van der Waals surface area contributed by atoms with Gasteiger partial charge in [0.05, 0.1) is 16.4 Å². The van der Waals surface area contributed by atoms with Crippen LogP contribution in [0.5, 0.6) is 0 Å². The smallest absolute Gasteiger partial charge is 0.335 e. The fraction of sp³-hybridized carbons (Fsp3) is 0.471. The van der Waals surface area contributed by atoms with Crippen LogP contribution in [0.4, 0.5) is 0 Å². The lowest BCUT2D eigenvalue weighted by molar-refractivity contribution is -0.137. The standard InChI is InChI=1S/C17H21N3O6S/c1-18-11-13(10-15(18)21)16(22)19-6-8-20(9-7-19)27(25,26)14-4-2-12(3-5-14)17(23)24/h2-5,13H,6-11H2,1H3,(H,23,24). The molecule has 1 aromatic carbocycles. The van der Waals surface area contributed by atoms with E-state index in [1.807, 2.05) is 0 Å². The summed E-state index contributed by atoms with van der Waals surface area (Å²) in [5.41, 5.74) is 0.0143. The summed E-state index contributed by atoms with van der Waals surface area (Å²) in [5.74, 6) is -1.66. The molecule has 27 heavy (non-hydrogen) atoms. The molecule has 1 unspecified atom stereocenters. The average molecular weight is 395 g/mol. The van der Waals surface area contributed by atoms with Crippen LogP contribution in [0.25, 0.3) is 0 Å². The summed E-state index contributed by atoms with van der Waals surface area (Å²) in [6.07, 6.45) is 0.198. The van der Waals surface area contributed by atoms with Crippen LogP contribution in [-0.4, -0.2) is 85.2 Å². The molecule has 1 N–H and O–H groups in total. The van der Waals surface area contributed by atoms with Gasteiger partial charge >= 0.3 is 5.97 Å². The van der Waals surface area contributed by atoms with E-state index >= 15 is 0 Å². The van der Waals surface area contributed by atoms with Crippen LogP contribution >= 0.6 is 0 Å². The number of carboxylic acid groups (broad SMARTS) is 1. The van der Waals surface area contributed by atoms with Gasteiger partial charge in [-0.15, -0.1) is 0 Å². The summed E-state index contributed by atoms with van der Waals surface area (Å²) in [7, 11) is -2.09. The van der Waals surface area contributed by atoms with Crippen LogP contribution in [0.3, 0.4) is 0 Å². The molecule has 1 atom stereocenters. The number of nitrogens with zero attached hydrogens (tertiary/aromatic N) is 3. The van der Waals surface area contributed by atoms with Gasteiger partial charge < -0.3 is 14.9 Å². The van der Waals surface area contributed by atoms with Crippen LogP contribution in [0.1, 0.15) is 16.8 Å². The highest BCUT2D eigenvalue weighted by Crippen LogP contribution is 2.22. The van der Waals surface area contributed by atoms with Gasteiger partial charge in [0.2, 0.25) is 21.8 Å². The zero-order chi connectivity index (χ0) is 19.8. The number of rotatable bonds is 4. The number of aromatic carboxylic acids is 1. The Bertz CT molecular complexity index is 859. The molecule has 2 aliphatic rings. The summed E-state index contributed by atoms with van der Waals surface area (Å²) in [6.45, 7) is 1.24. The average Bonchev–Trinajstić information content (AvgIpc) is 3.00. The fourth-order valence-electron chi connectivity index (χ4n) is 3.35. The van der Waals surface area contributed by atoms with Gasteiger partial charge in [-0.3, -0.25) is 9.59 Å². The van der Waals surface area contributed by atoms with E-state index in [1.165, 1.54) is 33.5 Å². The van der Waals surface area contributed by atoms with E-state index in [-0.39, 0.29) is 60.8 Å². The SMILES string of the molecule is CN1CC(C(=O)N2CCN(S(=O)(=O)c3ccc(C(=O)O)cc3)CC2)CC1=O. The molecule has 9 nitrogen and oxygen atoms in total. The molecule has 0 bridgehead atoms. The Kier molecular flexibility index (Phi) is 5.20. The molecule has 146 valence electrons. The van der Waals surface area contributed by atoms with Crippen molar-refractivity contribution in [2.45, 2.75) is 11.3 Å². The largest absolute Gasteiger partial charge is 0.478 e. The monoisotopic (exact) mass is 395 g/mol. The highest BCUT2D eigenvalue weighted by atomic mass is 32.2. The second-order valence-corrected chi connectivity index (χ2v) is 8.67. The number of likely N-dealkylation sites (tertiary alicyclic amines) is 1. The van der Waals surface area contributed by atoms with Gasteiger partial charge in [0, 0.05) is 46.2 Å². The summed E-state index contributed by atoms with van der Waals surface area (Å²) in [5, 5.41) is 8.91. The number of benzene rings is 1. The minimum absolute atomic E-state index is 0.0143. The minimum atomic E-state index is -3.75. The summed E-state index contributed by atoms with van der Waals surface area (Å²) < 4.78 is 26.7. The summed E-state index contributed by atoms with van der Waals surface area (Å²) in [4.78, 5) is 38.2. The molecule has 0 saturated carbocycles. The number of hydrogen-bond acceptors (Lipinski definition) is 5. The van der Waals surface area contributed by atoms with Crippen molar-refractivity contribution in [2.75, 3.05) is 39.8 Å². The van der Waals surface area contributed by atoms with Crippen molar-refractivity contribution < 1.29 is 27.9 Å². The Balaban J connectivity index is 1.63. The molecule has 10 heteroatoms. The lowest BCUT2D eigenvalue weighted by Gasteiger charge is -2.35. The topological polar surface area (TPSA) is 115 Å². The normalized spacial score (nSPS) is 21.5. The molecular weight excluding hydrogens is 374 g/mol. The van der Waals surface area contributed by atoms with E-state index in [4.69, 9.17) is 5.11 Å². The first-order valence-electron chi connectivity index (χ1n) is 8.56. The maximum atomic E-state index is 12.7. The van der Waals surface area contributed by atoms with Crippen molar-refractivity contribution in [3.05, 3.63) is 29.8 Å². The van der Waals surface area contributed by atoms with Crippen molar-refractivity contribution in [3.8, 4) is 0 Å². The van der Waals surface area contributed by atoms with Crippen molar-refractivity contribution in [2.24, 2.45) is 5.92 Å². The molecule has 2 amide bonds. The molecule has 0 spiro atoms. The van der Waals surface area contributed by atoms with E-state index in [2.05, 4.69) is 0 Å². The molecule has 0 aromatic heterocycles. The van der Waals surface area contributed by atoms with E-state index < -0.39 is 16.0 Å². The first kappa shape index (κ1) is 19.3. The molecule has 1 aromatic rings. The van der Waals surface area contributed by atoms with Crippen LogP contribution in [0.2, 0.25) is 0 Å². The predicted octanol–water partition coefficient (Wildman–Crippen LogP) is -0.304. The number of carboxylic acids is 1. The number of carbonyl (C=O) groups is 3. The van der Waals surface area contributed by atoms with Crippen molar-refractivity contribution >= 4 is 27.8 Å². The van der Waals surface area contributed by atoms with Gasteiger partial charge in [-0.05, 0) is 24.3 Å². The molecule has 2 saturated heterocycles. The Labute approximate surface area is 157 Å². The fourth-order valence-corrected chi connectivity index (χ4v) is 4.78. The van der Waals surface area contributed by atoms with E-state index in [0.29, 0.717) is 6.54 Å². The number of hydrogen-bond donors (Lipinski definition) is 1. The van der Waals surface area contributed by atoms with Crippen molar-refractivity contribution in [1.29, 1.82) is 0 Å². The van der Waals surface area contributed by atoms with Gasteiger partial charge in [-0.2, -0.15) is 4.31 Å². The van der Waals surface area contributed by atoms with E-state index in [9.17, 15) is 22.8 Å². The second-order valence-electron chi connectivity index (χ2n) is 6.73. The third-order valence-electron chi connectivity index (χ3n) is 4.98. The maximum absolute atomic E-state index is 12.7. The predicted molar refractivity (Wildman–Crippen MR) is 94.5 cm³/mol. The van der Waals surface area contributed by atoms with Gasteiger partial charge in [0.25, 0.3) is 0 Å². The first-order chi connectivity index (χ1) is 12.7. The van der Waals surface area contributed by atoms with Gasteiger partial charge in [-0.25, -0.2) is 13.2 Å². The number of carbonyl (C=O) groups excluding carboxylic acids is 2. The zero-order valence-corrected chi connectivity index (χ0v) is 15.7. The third kappa shape index (κ3) is 3.81. The van der Waals surface area contributed by atoms with Crippen molar-refractivity contribution in [3.63, 3.8) is 0 Å². The third-order valence-corrected chi connectivity index (χ3v) is 6.89. The number of sulfonamides is 1. The van der Waals surface area contributed by atoms with Gasteiger partial charge in [0.15, 0.2) is 0 Å². The lowest BCUT2D eigenvalue weighted by atomic mass is 10.1. The molecular formula is C17H21N3O6S. The Hall–Kier alpha value is -2.46. The van der Waals surface area contributed by atoms with Gasteiger partial charge in [-0.1, -0.05) is 0 Å². The van der Waals surface area contributed by atoms with E-state index in [0.717, 1.165) is 0 Å².